The van der Waals surface area contributed by atoms with Crippen LogP contribution in [0, 0.1) is 20.8 Å². The largest absolute Gasteiger partial charge is 0.296 e. The van der Waals surface area contributed by atoms with E-state index in [1.54, 1.807) is 17.5 Å². The van der Waals surface area contributed by atoms with Gasteiger partial charge in [-0.15, -0.1) is 11.3 Å². The SMILES string of the molecule is Cc1ccc(-c2c(C)sc3ncc(C=O)n23)c(C)c1. The fourth-order valence-corrected chi connectivity index (χ4v) is 3.42. The van der Waals surface area contributed by atoms with Crippen molar-refractivity contribution < 1.29 is 4.79 Å². The third-order valence-electron chi connectivity index (χ3n) is 3.32. The second-order valence-electron chi connectivity index (χ2n) is 4.74. The number of imidazole rings is 1. The predicted molar refractivity (Wildman–Crippen MR) is 78.1 cm³/mol. The number of aldehydes is 1. The molecular formula is C15H14N2OS. The van der Waals surface area contributed by atoms with Crippen molar-refractivity contribution in [1.82, 2.24) is 9.38 Å². The number of hydrogen-bond donors (Lipinski definition) is 0. The van der Waals surface area contributed by atoms with Crippen LogP contribution in [0.1, 0.15) is 26.5 Å². The molecule has 0 aliphatic carbocycles. The highest BCUT2D eigenvalue weighted by Gasteiger charge is 2.16. The summed E-state index contributed by atoms with van der Waals surface area (Å²) in [4.78, 5) is 17.5. The highest BCUT2D eigenvalue weighted by molar-refractivity contribution is 7.17. The van der Waals surface area contributed by atoms with Gasteiger partial charge in [0.1, 0.15) is 5.69 Å². The summed E-state index contributed by atoms with van der Waals surface area (Å²) >= 11 is 1.62. The number of nitrogens with zero attached hydrogens (tertiary/aromatic N) is 2. The van der Waals surface area contributed by atoms with Crippen LogP contribution in [-0.4, -0.2) is 15.7 Å². The maximum atomic E-state index is 11.2. The molecule has 96 valence electrons. The number of aryl methyl sites for hydroxylation is 3. The Hall–Kier alpha value is -1.94. The van der Waals surface area contributed by atoms with Gasteiger partial charge in [0.2, 0.25) is 0 Å². The zero-order chi connectivity index (χ0) is 13.6. The van der Waals surface area contributed by atoms with Gasteiger partial charge in [0.15, 0.2) is 11.2 Å². The molecule has 0 amide bonds. The van der Waals surface area contributed by atoms with Gasteiger partial charge in [-0.1, -0.05) is 23.8 Å². The Morgan fingerprint density at radius 3 is 2.74 bits per heavy atom. The Kier molecular flexibility index (Phi) is 2.75. The van der Waals surface area contributed by atoms with E-state index in [2.05, 4.69) is 44.0 Å². The van der Waals surface area contributed by atoms with Crippen molar-refractivity contribution >= 4 is 22.6 Å². The number of benzene rings is 1. The van der Waals surface area contributed by atoms with Gasteiger partial charge < -0.3 is 0 Å². The monoisotopic (exact) mass is 270 g/mol. The minimum Gasteiger partial charge on any atom is -0.296 e. The normalized spacial score (nSPS) is 11.1. The lowest BCUT2D eigenvalue weighted by Crippen LogP contribution is -1.95. The Bertz CT molecular complexity index is 783. The van der Waals surface area contributed by atoms with Crippen LogP contribution in [0.2, 0.25) is 0 Å². The summed E-state index contributed by atoms with van der Waals surface area (Å²) in [7, 11) is 0. The van der Waals surface area contributed by atoms with Crippen molar-refractivity contribution in [2.24, 2.45) is 0 Å². The zero-order valence-electron chi connectivity index (χ0n) is 11.1. The molecule has 4 heteroatoms. The van der Waals surface area contributed by atoms with E-state index in [1.807, 2.05) is 4.40 Å². The summed E-state index contributed by atoms with van der Waals surface area (Å²) in [6.45, 7) is 6.26. The van der Waals surface area contributed by atoms with Gasteiger partial charge in [-0.05, 0) is 26.3 Å². The molecule has 2 aromatic heterocycles. The van der Waals surface area contributed by atoms with E-state index in [-0.39, 0.29) is 0 Å². The summed E-state index contributed by atoms with van der Waals surface area (Å²) in [5.74, 6) is 0. The molecule has 3 nitrogen and oxygen atoms in total. The number of carbonyl (C=O) groups is 1. The summed E-state index contributed by atoms with van der Waals surface area (Å²) in [6, 6.07) is 6.38. The molecule has 3 rings (SSSR count). The summed E-state index contributed by atoms with van der Waals surface area (Å²) in [6.07, 6.45) is 2.49. The van der Waals surface area contributed by atoms with Crippen LogP contribution in [0.3, 0.4) is 0 Å². The molecule has 0 unspecified atom stereocenters. The summed E-state index contributed by atoms with van der Waals surface area (Å²) < 4.78 is 1.95. The fraction of sp³-hybridized carbons (Fsp3) is 0.200. The van der Waals surface area contributed by atoms with Crippen LogP contribution in [0.4, 0.5) is 0 Å². The number of rotatable bonds is 2. The summed E-state index contributed by atoms with van der Waals surface area (Å²) in [5, 5.41) is 0. The molecule has 2 heterocycles. The van der Waals surface area contributed by atoms with Crippen LogP contribution in [0.5, 0.6) is 0 Å². The molecule has 0 N–H and O–H groups in total. The number of fused-ring (bicyclic) bond motifs is 1. The van der Waals surface area contributed by atoms with Gasteiger partial charge in [-0.25, -0.2) is 4.98 Å². The van der Waals surface area contributed by atoms with E-state index in [4.69, 9.17) is 0 Å². The van der Waals surface area contributed by atoms with Crippen LogP contribution in [0.25, 0.3) is 16.2 Å². The van der Waals surface area contributed by atoms with E-state index in [0.29, 0.717) is 5.69 Å². The van der Waals surface area contributed by atoms with Crippen LogP contribution >= 0.6 is 11.3 Å². The Morgan fingerprint density at radius 2 is 2.05 bits per heavy atom. The van der Waals surface area contributed by atoms with Gasteiger partial charge in [-0.3, -0.25) is 9.20 Å². The number of carbonyl (C=O) groups excluding carboxylic acids is 1. The molecule has 0 spiro atoms. The van der Waals surface area contributed by atoms with Crippen molar-refractivity contribution in [2.45, 2.75) is 20.8 Å². The van der Waals surface area contributed by atoms with Gasteiger partial charge in [0, 0.05) is 10.4 Å². The molecule has 0 atom stereocenters. The van der Waals surface area contributed by atoms with Crippen molar-refractivity contribution in [3.63, 3.8) is 0 Å². The molecule has 3 aromatic rings. The average molecular weight is 270 g/mol. The van der Waals surface area contributed by atoms with E-state index in [0.717, 1.165) is 22.5 Å². The number of aromatic nitrogens is 2. The van der Waals surface area contributed by atoms with Crippen molar-refractivity contribution in [2.75, 3.05) is 0 Å². The van der Waals surface area contributed by atoms with Gasteiger partial charge >= 0.3 is 0 Å². The maximum Gasteiger partial charge on any atom is 0.194 e. The standard InChI is InChI=1S/C15H14N2OS/c1-9-4-5-13(10(2)6-9)14-11(3)19-15-16-7-12(8-18)17(14)15/h4-8H,1-3H3. The van der Waals surface area contributed by atoms with Crippen LogP contribution in [-0.2, 0) is 0 Å². The first kappa shape index (κ1) is 12.1. The Morgan fingerprint density at radius 1 is 1.26 bits per heavy atom. The molecule has 0 aliphatic rings. The third kappa shape index (κ3) is 1.79. The predicted octanol–water partition coefficient (Wildman–Crippen LogP) is 3.80. The molecule has 1 aromatic carbocycles. The minimum absolute atomic E-state index is 0.606. The fourth-order valence-electron chi connectivity index (χ4n) is 2.46. The smallest absolute Gasteiger partial charge is 0.194 e. The zero-order valence-corrected chi connectivity index (χ0v) is 11.9. The molecule has 19 heavy (non-hydrogen) atoms. The quantitative estimate of drug-likeness (QED) is 0.664. The topological polar surface area (TPSA) is 34.4 Å². The first-order chi connectivity index (χ1) is 9.11. The highest BCUT2D eigenvalue weighted by atomic mass is 32.1. The van der Waals surface area contributed by atoms with Crippen molar-refractivity contribution in [3.8, 4) is 11.3 Å². The van der Waals surface area contributed by atoms with Gasteiger partial charge in [-0.2, -0.15) is 0 Å². The van der Waals surface area contributed by atoms with E-state index in [9.17, 15) is 4.79 Å². The van der Waals surface area contributed by atoms with Crippen LogP contribution < -0.4 is 0 Å². The van der Waals surface area contributed by atoms with Crippen molar-refractivity contribution in [1.29, 1.82) is 0 Å². The third-order valence-corrected chi connectivity index (χ3v) is 4.29. The molecule has 0 aliphatic heterocycles. The summed E-state index contributed by atoms with van der Waals surface area (Å²) in [5.41, 5.74) is 5.31. The lowest BCUT2D eigenvalue weighted by Gasteiger charge is -2.08. The van der Waals surface area contributed by atoms with E-state index < -0.39 is 0 Å². The Labute approximate surface area is 115 Å². The molecular weight excluding hydrogens is 256 g/mol. The van der Waals surface area contributed by atoms with Crippen LogP contribution in [0.15, 0.2) is 24.4 Å². The molecule has 0 saturated carbocycles. The Balaban J connectivity index is 2.37. The van der Waals surface area contributed by atoms with Gasteiger partial charge in [0.05, 0.1) is 11.9 Å². The van der Waals surface area contributed by atoms with E-state index in [1.165, 1.54) is 16.0 Å². The minimum atomic E-state index is 0.606. The first-order valence-corrected chi connectivity index (χ1v) is 6.93. The van der Waals surface area contributed by atoms with Crippen molar-refractivity contribution in [3.05, 3.63) is 46.1 Å². The molecule has 0 saturated heterocycles. The molecule has 0 fully saturated rings. The molecule has 0 radical (unpaired) electrons. The lowest BCUT2D eigenvalue weighted by molar-refractivity contribution is 0.111. The van der Waals surface area contributed by atoms with E-state index >= 15 is 0 Å². The second-order valence-corrected chi connectivity index (χ2v) is 5.93. The highest BCUT2D eigenvalue weighted by Crippen LogP contribution is 2.33. The lowest BCUT2D eigenvalue weighted by atomic mass is 10.0. The van der Waals surface area contributed by atoms with Gasteiger partial charge in [0.25, 0.3) is 0 Å². The molecule has 0 bridgehead atoms. The number of hydrogen-bond acceptors (Lipinski definition) is 3. The maximum absolute atomic E-state index is 11.2. The number of thiazole rings is 1. The second kappa shape index (κ2) is 4.31. The first-order valence-electron chi connectivity index (χ1n) is 6.11. The average Bonchev–Trinajstić information content (AvgIpc) is 2.88.